The van der Waals surface area contributed by atoms with E-state index in [1.165, 1.54) is 4.88 Å². The van der Waals surface area contributed by atoms with Gasteiger partial charge < -0.3 is 5.32 Å². The molecule has 72 valence electrons. The molecule has 2 aromatic rings. The molecule has 1 atom stereocenters. The molecule has 1 aliphatic rings. The Bertz CT molecular complexity index is 421. The van der Waals surface area contributed by atoms with E-state index in [2.05, 4.69) is 38.4 Å². The number of aromatic nitrogens is 4. The Hall–Kier alpha value is -1.43. The van der Waals surface area contributed by atoms with Gasteiger partial charge in [-0.2, -0.15) is 0 Å². The Kier molecular flexibility index (Phi) is 1.73. The summed E-state index contributed by atoms with van der Waals surface area (Å²) in [6.07, 6.45) is 1.04. The van der Waals surface area contributed by atoms with Crippen LogP contribution in [0.3, 0.4) is 0 Å². The van der Waals surface area contributed by atoms with Gasteiger partial charge in [0.1, 0.15) is 0 Å². The van der Waals surface area contributed by atoms with Gasteiger partial charge in [-0.25, -0.2) is 4.68 Å². The zero-order chi connectivity index (χ0) is 9.38. The van der Waals surface area contributed by atoms with Crippen LogP contribution in [0, 0.1) is 0 Å². The van der Waals surface area contributed by atoms with Crippen molar-refractivity contribution in [2.75, 3.05) is 11.9 Å². The first-order valence-electron chi connectivity index (χ1n) is 4.50. The normalized spacial score (nSPS) is 20.1. The van der Waals surface area contributed by atoms with E-state index in [4.69, 9.17) is 0 Å². The predicted octanol–water partition coefficient (Wildman–Crippen LogP) is 1.14. The molecular weight excluding hydrogens is 198 g/mol. The summed E-state index contributed by atoms with van der Waals surface area (Å²) < 4.78 is 1.86. The van der Waals surface area contributed by atoms with Crippen LogP contribution in [0.4, 0.5) is 5.95 Å². The van der Waals surface area contributed by atoms with Crippen LogP contribution < -0.4 is 5.32 Å². The summed E-state index contributed by atoms with van der Waals surface area (Å²) in [5, 5.41) is 16.8. The average Bonchev–Trinajstić information content (AvgIpc) is 2.88. The van der Waals surface area contributed by atoms with Crippen LogP contribution in [-0.2, 0) is 0 Å². The van der Waals surface area contributed by atoms with Crippen LogP contribution in [-0.4, -0.2) is 26.8 Å². The van der Waals surface area contributed by atoms with Crippen LogP contribution in [0.25, 0.3) is 0 Å². The number of thiophene rings is 1. The first-order chi connectivity index (χ1) is 6.95. The minimum absolute atomic E-state index is 0.307. The van der Waals surface area contributed by atoms with Crippen molar-refractivity contribution in [3.8, 4) is 0 Å². The summed E-state index contributed by atoms with van der Waals surface area (Å²) in [7, 11) is 0. The predicted molar refractivity (Wildman–Crippen MR) is 53.4 cm³/mol. The van der Waals surface area contributed by atoms with Crippen molar-refractivity contribution in [2.45, 2.75) is 12.5 Å². The van der Waals surface area contributed by atoms with Crippen molar-refractivity contribution in [1.29, 1.82) is 0 Å². The monoisotopic (exact) mass is 207 g/mol. The molecule has 0 amide bonds. The summed E-state index contributed by atoms with van der Waals surface area (Å²) in [5.41, 5.74) is 0. The molecule has 0 saturated carbocycles. The topological polar surface area (TPSA) is 55.6 Å². The van der Waals surface area contributed by atoms with Crippen molar-refractivity contribution in [2.24, 2.45) is 0 Å². The summed E-state index contributed by atoms with van der Waals surface area (Å²) >= 11 is 1.75. The van der Waals surface area contributed by atoms with Crippen molar-refractivity contribution in [3.05, 3.63) is 22.4 Å². The zero-order valence-electron chi connectivity index (χ0n) is 7.42. The van der Waals surface area contributed by atoms with Gasteiger partial charge in [0.15, 0.2) is 0 Å². The number of tetrazole rings is 1. The molecule has 1 N–H and O–H groups in total. The highest BCUT2D eigenvalue weighted by atomic mass is 32.1. The second-order valence-corrected chi connectivity index (χ2v) is 4.17. The van der Waals surface area contributed by atoms with Crippen LogP contribution >= 0.6 is 11.3 Å². The lowest BCUT2D eigenvalue weighted by molar-refractivity contribution is 0.475. The molecule has 2 aromatic heterocycles. The smallest absolute Gasteiger partial charge is 0.243 e. The van der Waals surface area contributed by atoms with Crippen molar-refractivity contribution < 1.29 is 0 Å². The molecule has 0 bridgehead atoms. The SMILES string of the molecule is c1csc(C2CCNc3nnnn32)c1. The first kappa shape index (κ1) is 7.93. The largest absolute Gasteiger partial charge is 0.353 e. The number of nitrogens with one attached hydrogen (secondary N) is 1. The highest BCUT2D eigenvalue weighted by molar-refractivity contribution is 7.10. The molecule has 3 heterocycles. The summed E-state index contributed by atoms with van der Waals surface area (Å²) in [6, 6.07) is 4.50. The Morgan fingerprint density at radius 2 is 2.57 bits per heavy atom. The Morgan fingerprint density at radius 3 is 3.43 bits per heavy atom. The maximum atomic E-state index is 3.99. The minimum atomic E-state index is 0.307. The Labute approximate surface area is 84.8 Å². The Morgan fingerprint density at radius 1 is 1.57 bits per heavy atom. The van der Waals surface area contributed by atoms with Crippen LogP contribution in [0.5, 0.6) is 0 Å². The summed E-state index contributed by atoms with van der Waals surface area (Å²) in [4.78, 5) is 1.32. The Balaban J connectivity index is 2.04. The standard InChI is InChI=1S/C8H9N5S/c1-2-7(14-5-1)6-3-4-9-8-10-11-12-13(6)8/h1-2,5-6H,3-4H2,(H,9,10,12). The number of hydrogen-bond acceptors (Lipinski definition) is 5. The van der Waals surface area contributed by atoms with E-state index < -0.39 is 0 Å². The van der Waals surface area contributed by atoms with E-state index >= 15 is 0 Å². The molecule has 0 spiro atoms. The van der Waals surface area contributed by atoms with Gasteiger partial charge in [-0.15, -0.1) is 11.3 Å². The van der Waals surface area contributed by atoms with E-state index in [9.17, 15) is 0 Å². The quantitative estimate of drug-likeness (QED) is 0.762. The van der Waals surface area contributed by atoms with Crippen LogP contribution in [0.2, 0.25) is 0 Å². The highest BCUT2D eigenvalue weighted by Gasteiger charge is 2.23. The molecular formula is C8H9N5S. The molecule has 0 radical (unpaired) electrons. The lowest BCUT2D eigenvalue weighted by Crippen LogP contribution is -2.24. The minimum Gasteiger partial charge on any atom is -0.353 e. The number of rotatable bonds is 1. The van der Waals surface area contributed by atoms with Crippen molar-refractivity contribution in [3.63, 3.8) is 0 Å². The van der Waals surface area contributed by atoms with E-state index in [-0.39, 0.29) is 0 Å². The molecule has 14 heavy (non-hydrogen) atoms. The van der Waals surface area contributed by atoms with Crippen LogP contribution in [0.15, 0.2) is 17.5 Å². The molecule has 0 fully saturated rings. The fourth-order valence-electron chi connectivity index (χ4n) is 1.71. The molecule has 1 unspecified atom stereocenters. The van der Waals surface area contributed by atoms with Crippen molar-refractivity contribution >= 4 is 17.3 Å². The second kappa shape index (κ2) is 3.06. The third-order valence-electron chi connectivity index (χ3n) is 2.36. The molecule has 6 heteroatoms. The van der Waals surface area contributed by atoms with E-state index in [1.54, 1.807) is 11.3 Å². The lowest BCUT2D eigenvalue weighted by atomic mass is 10.1. The molecule has 0 aliphatic carbocycles. The second-order valence-electron chi connectivity index (χ2n) is 3.19. The fraction of sp³-hybridized carbons (Fsp3) is 0.375. The van der Waals surface area contributed by atoms with Crippen LogP contribution in [0.1, 0.15) is 17.3 Å². The zero-order valence-corrected chi connectivity index (χ0v) is 8.24. The molecule has 3 rings (SSSR count). The van der Waals surface area contributed by atoms with E-state index in [0.717, 1.165) is 18.9 Å². The van der Waals surface area contributed by atoms with Gasteiger partial charge in [-0.05, 0) is 28.3 Å². The van der Waals surface area contributed by atoms with Gasteiger partial charge in [0, 0.05) is 11.4 Å². The molecule has 0 saturated heterocycles. The summed E-state index contributed by atoms with van der Waals surface area (Å²) in [6.45, 7) is 0.933. The number of anilines is 1. The maximum Gasteiger partial charge on any atom is 0.243 e. The van der Waals surface area contributed by atoms with E-state index in [1.807, 2.05) is 4.68 Å². The number of nitrogens with zero attached hydrogens (tertiary/aromatic N) is 4. The van der Waals surface area contributed by atoms with Gasteiger partial charge in [0.05, 0.1) is 6.04 Å². The van der Waals surface area contributed by atoms with Gasteiger partial charge in [0.25, 0.3) is 0 Å². The third-order valence-corrected chi connectivity index (χ3v) is 3.33. The van der Waals surface area contributed by atoms with Gasteiger partial charge in [-0.1, -0.05) is 11.2 Å². The average molecular weight is 207 g/mol. The van der Waals surface area contributed by atoms with Crippen molar-refractivity contribution in [1.82, 2.24) is 20.2 Å². The van der Waals surface area contributed by atoms with Gasteiger partial charge >= 0.3 is 0 Å². The fourth-order valence-corrected chi connectivity index (χ4v) is 2.55. The molecule has 5 nitrogen and oxygen atoms in total. The van der Waals surface area contributed by atoms with Gasteiger partial charge in [-0.3, -0.25) is 0 Å². The number of fused-ring (bicyclic) bond motifs is 1. The lowest BCUT2D eigenvalue weighted by Gasteiger charge is -2.22. The summed E-state index contributed by atoms with van der Waals surface area (Å²) in [5.74, 6) is 0.773. The number of hydrogen-bond donors (Lipinski definition) is 1. The first-order valence-corrected chi connectivity index (χ1v) is 5.38. The third kappa shape index (κ3) is 1.11. The molecule has 1 aliphatic heterocycles. The highest BCUT2D eigenvalue weighted by Crippen LogP contribution is 2.29. The van der Waals surface area contributed by atoms with E-state index in [0.29, 0.717) is 6.04 Å². The maximum absolute atomic E-state index is 3.99. The molecule has 0 aromatic carbocycles. The van der Waals surface area contributed by atoms with Gasteiger partial charge in [0.2, 0.25) is 5.95 Å².